The lowest BCUT2D eigenvalue weighted by Crippen LogP contribution is -2.49. The van der Waals surface area contributed by atoms with Crippen LogP contribution in [0.3, 0.4) is 0 Å². The lowest BCUT2D eigenvalue weighted by molar-refractivity contribution is -0.138. The zero-order chi connectivity index (χ0) is 12.3. The summed E-state index contributed by atoms with van der Waals surface area (Å²) in [6.07, 6.45) is 8.73. The molecule has 2 atom stereocenters. The molecule has 0 aromatic carbocycles. The smallest absolute Gasteiger partial charge is 0.225 e. The molecule has 0 bridgehead atoms. The summed E-state index contributed by atoms with van der Waals surface area (Å²) in [6.45, 7) is 3.75. The molecule has 3 nitrogen and oxygen atoms in total. The summed E-state index contributed by atoms with van der Waals surface area (Å²) in [5, 5.41) is 0. The third-order valence-electron chi connectivity index (χ3n) is 4.48. The Hall–Kier alpha value is -0.570. The normalized spacial score (nSPS) is 29.4. The number of amides is 1. The Balaban J connectivity index is 1.84. The average Bonchev–Trinajstić information content (AvgIpc) is 2.36. The molecular weight excluding hydrogens is 212 g/mol. The first kappa shape index (κ1) is 12.9. The quantitative estimate of drug-likeness (QED) is 0.819. The Kier molecular flexibility index (Phi) is 4.43. The van der Waals surface area contributed by atoms with Crippen LogP contribution in [0.5, 0.6) is 0 Å². The molecule has 1 aliphatic carbocycles. The third-order valence-corrected chi connectivity index (χ3v) is 4.48. The van der Waals surface area contributed by atoms with Gasteiger partial charge in [0.2, 0.25) is 5.91 Å². The molecule has 1 saturated carbocycles. The second-order valence-corrected chi connectivity index (χ2v) is 5.89. The van der Waals surface area contributed by atoms with Crippen molar-refractivity contribution in [2.75, 3.05) is 13.1 Å². The molecule has 1 heterocycles. The van der Waals surface area contributed by atoms with Crippen LogP contribution in [-0.4, -0.2) is 29.9 Å². The van der Waals surface area contributed by atoms with Gasteiger partial charge in [-0.2, -0.15) is 0 Å². The lowest BCUT2D eigenvalue weighted by atomic mass is 9.84. The number of carbonyl (C=O) groups excluding carboxylic acids is 1. The fourth-order valence-electron chi connectivity index (χ4n) is 3.28. The second kappa shape index (κ2) is 5.85. The molecule has 2 unspecified atom stereocenters. The van der Waals surface area contributed by atoms with E-state index in [2.05, 4.69) is 0 Å². The molecule has 17 heavy (non-hydrogen) atoms. The minimum atomic E-state index is 0.199. The van der Waals surface area contributed by atoms with Gasteiger partial charge in [0.15, 0.2) is 0 Å². The number of likely N-dealkylation sites (tertiary alicyclic amines) is 1. The molecule has 0 aromatic rings. The number of piperidine rings is 1. The van der Waals surface area contributed by atoms with Crippen molar-refractivity contribution in [1.29, 1.82) is 0 Å². The van der Waals surface area contributed by atoms with Crippen molar-refractivity contribution in [2.45, 2.75) is 57.9 Å². The Morgan fingerprint density at radius 2 is 1.94 bits per heavy atom. The fraction of sp³-hybridized carbons (Fsp3) is 0.929. The van der Waals surface area contributed by atoms with Crippen LogP contribution in [0.1, 0.15) is 51.9 Å². The number of nitrogens with zero attached hydrogens (tertiary/aromatic N) is 1. The van der Waals surface area contributed by atoms with Gasteiger partial charge < -0.3 is 10.6 Å². The van der Waals surface area contributed by atoms with Crippen LogP contribution in [0.2, 0.25) is 0 Å². The van der Waals surface area contributed by atoms with Crippen molar-refractivity contribution in [1.82, 2.24) is 4.90 Å². The van der Waals surface area contributed by atoms with Crippen LogP contribution in [0.4, 0.5) is 0 Å². The van der Waals surface area contributed by atoms with Gasteiger partial charge in [-0.15, -0.1) is 0 Å². The molecule has 2 rings (SSSR count). The van der Waals surface area contributed by atoms with Crippen molar-refractivity contribution >= 4 is 5.91 Å². The van der Waals surface area contributed by atoms with E-state index in [9.17, 15) is 4.79 Å². The highest BCUT2D eigenvalue weighted by Crippen LogP contribution is 2.27. The molecular formula is C14H26N2O. The topological polar surface area (TPSA) is 46.3 Å². The van der Waals surface area contributed by atoms with E-state index in [1.54, 1.807) is 0 Å². The number of carbonyl (C=O) groups is 1. The van der Waals surface area contributed by atoms with Gasteiger partial charge in [-0.3, -0.25) is 4.79 Å². The Morgan fingerprint density at radius 3 is 2.65 bits per heavy atom. The van der Waals surface area contributed by atoms with Crippen LogP contribution in [0, 0.1) is 11.8 Å². The Labute approximate surface area is 105 Å². The predicted octanol–water partition coefficient (Wildman–Crippen LogP) is 2.15. The lowest BCUT2D eigenvalue weighted by Gasteiger charge is -2.35. The molecule has 98 valence electrons. The summed E-state index contributed by atoms with van der Waals surface area (Å²) in [6, 6.07) is 0.199. The molecule has 0 spiro atoms. The molecule has 1 amide bonds. The highest BCUT2D eigenvalue weighted by atomic mass is 16.2. The van der Waals surface area contributed by atoms with E-state index in [4.69, 9.17) is 5.73 Å². The standard InChI is InChI=1S/C14H26N2O/c1-11-6-5-9-16(14(11)17)10-13(15)12-7-3-2-4-8-12/h11-13H,2-10,15H2,1H3. The van der Waals surface area contributed by atoms with Gasteiger partial charge in [0, 0.05) is 25.0 Å². The van der Waals surface area contributed by atoms with Gasteiger partial charge >= 0.3 is 0 Å². The summed E-state index contributed by atoms with van der Waals surface area (Å²) in [5.74, 6) is 1.18. The van der Waals surface area contributed by atoms with Crippen LogP contribution in [0.15, 0.2) is 0 Å². The van der Waals surface area contributed by atoms with Crippen LogP contribution in [-0.2, 0) is 4.79 Å². The maximum Gasteiger partial charge on any atom is 0.225 e. The van der Waals surface area contributed by atoms with Gasteiger partial charge in [-0.05, 0) is 31.6 Å². The van der Waals surface area contributed by atoms with Crippen molar-refractivity contribution in [3.63, 3.8) is 0 Å². The maximum absolute atomic E-state index is 12.0. The maximum atomic E-state index is 12.0. The van der Waals surface area contributed by atoms with Crippen molar-refractivity contribution in [3.05, 3.63) is 0 Å². The summed E-state index contributed by atoms with van der Waals surface area (Å²) < 4.78 is 0. The van der Waals surface area contributed by atoms with E-state index in [0.717, 1.165) is 25.9 Å². The zero-order valence-electron chi connectivity index (χ0n) is 11.0. The van der Waals surface area contributed by atoms with Crippen LogP contribution >= 0.6 is 0 Å². The second-order valence-electron chi connectivity index (χ2n) is 5.89. The monoisotopic (exact) mass is 238 g/mol. The Bertz CT molecular complexity index is 261. The largest absolute Gasteiger partial charge is 0.341 e. The van der Waals surface area contributed by atoms with Crippen molar-refractivity contribution in [2.24, 2.45) is 17.6 Å². The number of nitrogens with two attached hydrogens (primary N) is 1. The van der Waals surface area contributed by atoms with E-state index in [-0.39, 0.29) is 12.0 Å². The highest BCUT2D eigenvalue weighted by molar-refractivity contribution is 5.79. The first-order valence-corrected chi connectivity index (χ1v) is 7.23. The summed E-state index contributed by atoms with van der Waals surface area (Å²) in [7, 11) is 0. The minimum Gasteiger partial charge on any atom is -0.341 e. The molecule has 2 aliphatic rings. The number of hydrogen-bond donors (Lipinski definition) is 1. The molecule has 3 heteroatoms. The molecule has 1 saturated heterocycles. The summed E-state index contributed by atoms with van der Waals surface area (Å²) in [5.41, 5.74) is 6.29. The third kappa shape index (κ3) is 3.21. The summed E-state index contributed by atoms with van der Waals surface area (Å²) in [4.78, 5) is 14.0. The zero-order valence-corrected chi connectivity index (χ0v) is 11.0. The highest BCUT2D eigenvalue weighted by Gasteiger charge is 2.29. The molecule has 0 aromatic heterocycles. The Morgan fingerprint density at radius 1 is 1.24 bits per heavy atom. The SMILES string of the molecule is CC1CCCN(CC(N)C2CCCCC2)C1=O. The average molecular weight is 238 g/mol. The van der Waals surface area contributed by atoms with E-state index < -0.39 is 0 Å². The van der Waals surface area contributed by atoms with E-state index in [0.29, 0.717) is 11.8 Å². The van der Waals surface area contributed by atoms with Crippen molar-refractivity contribution in [3.8, 4) is 0 Å². The van der Waals surface area contributed by atoms with Crippen LogP contribution in [0.25, 0.3) is 0 Å². The van der Waals surface area contributed by atoms with Crippen LogP contribution < -0.4 is 5.73 Å². The molecule has 0 radical (unpaired) electrons. The van der Waals surface area contributed by atoms with Gasteiger partial charge in [0.1, 0.15) is 0 Å². The molecule has 1 aliphatic heterocycles. The first-order valence-electron chi connectivity index (χ1n) is 7.23. The number of hydrogen-bond acceptors (Lipinski definition) is 2. The minimum absolute atomic E-state index is 0.199. The molecule has 2 fully saturated rings. The van der Waals surface area contributed by atoms with E-state index in [1.807, 2.05) is 11.8 Å². The summed E-state index contributed by atoms with van der Waals surface area (Å²) >= 11 is 0. The predicted molar refractivity (Wildman–Crippen MR) is 69.5 cm³/mol. The van der Waals surface area contributed by atoms with Gasteiger partial charge in [0.05, 0.1) is 0 Å². The molecule has 2 N–H and O–H groups in total. The van der Waals surface area contributed by atoms with Gasteiger partial charge in [-0.1, -0.05) is 26.2 Å². The van der Waals surface area contributed by atoms with E-state index >= 15 is 0 Å². The fourth-order valence-corrected chi connectivity index (χ4v) is 3.28. The van der Waals surface area contributed by atoms with Gasteiger partial charge in [0.25, 0.3) is 0 Å². The van der Waals surface area contributed by atoms with Crippen molar-refractivity contribution < 1.29 is 4.79 Å². The van der Waals surface area contributed by atoms with Gasteiger partial charge in [-0.25, -0.2) is 0 Å². The first-order chi connectivity index (χ1) is 8.18. The van der Waals surface area contributed by atoms with E-state index in [1.165, 1.54) is 32.1 Å². The number of rotatable bonds is 3.